The number of rotatable bonds is 5. The average molecular weight is 309 g/mol. The normalized spacial score (nSPS) is 11.8. The summed E-state index contributed by atoms with van der Waals surface area (Å²) in [6.45, 7) is 1.69. The minimum Gasteiger partial charge on any atom is -0.484 e. The van der Waals surface area contributed by atoms with Gasteiger partial charge in [-0.15, -0.1) is 0 Å². The second-order valence-electron chi connectivity index (χ2n) is 4.43. The van der Waals surface area contributed by atoms with Gasteiger partial charge in [0.1, 0.15) is 11.6 Å². The van der Waals surface area contributed by atoms with E-state index in [9.17, 15) is 9.18 Å². The van der Waals surface area contributed by atoms with Crippen LogP contribution in [0.4, 0.5) is 4.39 Å². The minimum absolute atomic E-state index is 0.0435. The fraction of sp³-hybridized carbons (Fsp3) is 0.200. The zero-order valence-corrected chi connectivity index (χ0v) is 12.1. The predicted molar refractivity (Wildman–Crippen MR) is 77.7 cm³/mol. The van der Waals surface area contributed by atoms with Gasteiger partial charge in [0.2, 0.25) is 0 Å². The van der Waals surface area contributed by atoms with Crippen LogP contribution in [-0.2, 0) is 4.79 Å². The lowest BCUT2D eigenvalue weighted by Gasteiger charge is -2.14. The van der Waals surface area contributed by atoms with Crippen LogP contribution in [0.2, 0.25) is 5.02 Å². The van der Waals surface area contributed by atoms with Gasteiger partial charge >= 0.3 is 0 Å². The highest BCUT2D eigenvalue weighted by atomic mass is 35.5. The number of carbonyl (C=O) groups excluding carboxylic acids is 1. The number of halogens is 2. The number of amides is 1. The molecule has 0 aliphatic rings. The van der Waals surface area contributed by atoms with Crippen molar-refractivity contribution in [2.45, 2.75) is 13.0 Å². The van der Waals surface area contributed by atoms with Crippen LogP contribution in [-0.4, -0.2) is 17.5 Å². The molecule has 1 heterocycles. The number of hydrogen-bond donors (Lipinski definition) is 1. The molecule has 4 nitrogen and oxygen atoms in total. The summed E-state index contributed by atoms with van der Waals surface area (Å²) >= 11 is 5.63. The van der Waals surface area contributed by atoms with Crippen molar-refractivity contribution in [1.29, 1.82) is 0 Å². The highest BCUT2D eigenvalue weighted by molar-refractivity contribution is 6.30. The van der Waals surface area contributed by atoms with Crippen LogP contribution < -0.4 is 10.1 Å². The summed E-state index contributed by atoms with van der Waals surface area (Å²) in [4.78, 5) is 15.7. The molecule has 0 bridgehead atoms. The number of nitrogens with one attached hydrogen (secondary N) is 1. The van der Waals surface area contributed by atoms with Crippen LogP contribution >= 0.6 is 11.6 Å². The molecule has 1 aromatic heterocycles. The molecule has 110 valence electrons. The highest BCUT2D eigenvalue weighted by Gasteiger charge is 2.10. The molecule has 0 aliphatic carbocycles. The first kappa shape index (κ1) is 15.3. The molecule has 1 amide bonds. The van der Waals surface area contributed by atoms with Gasteiger partial charge in [-0.2, -0.15) is 0 Å². The smallest absolute Gasteiger partial charge is 0.258 e. The standard InChI is InChI=1S/C15H14ClFN2O2/c1-10(11-4-6-18-7-5-11)19-15(20)9-21-12-2-3-14(17)13(16)8-12/h2-8,10H,9H2,1H3,(H,19,20). The van der Waals surface area contributed by atoms with Crippen LogP contribution in [0.1, 0.15) is 18.5 Å². The zero-order chi connectivity index (χ0) is 15.2. The van der Waals surface area contributed by atoms with E-state index in [-0.39, 0.29) is 23.6 Å². The zero-order valence-electron chi connectivity index (χ0n) is 11.3. The second kappa shape index (κ2) is 7.04. The number of carbonyl (C=O) groups is 1. The maximum atomic E-state index is 13.0. The summed E-state index contributed by atoms with van der Waals surface area (Å²) in [5.74, 6) is -0.465. The number of nitrogens with zero attached hydrogens (tertiary/aromatic N) is 1. The van der Waals surface area contributed by atoms with Crippen LogP contribution in [0, 0.1) is 5.82 Å². The van der Waals surface area contributed by atoms with E-state index in [0.29, 0.717) is 5.75 Å². The quantitative estimate of drug-likeness (QED) is 0.923. The van der Waals surface area contributed by atoms with Gasteiger partial charge in [0.05, 0.1) is 11.1 Å². The molecule has 0 aliphatic heterocycles. The van der Waals surface area contributed by atoms with E-state index in [1.165, 1.54) is 18.2 Å². The van der Waals surface area contributed by atoms with E-state index < -0.39 is 5.82 Å². The van der Waals surface area contributed by atoms with Crippen molar-refractivity contribution in [3.63, 3.8) is 0 Å². The van der Waals surface area contributed by atoms with E-state index in [2.05, 4.69) is 10.3 Å². The van der Waals surface area contributed by atoms with Crippen LogP contribution in [0.5, 0.6) is 5.75 Å². The molecular formula is C15H14ClFN2O2. The Morgan fingerprint density at radius 3 is 2.76 bits per heavy atom. The first-order valence-corrected chi connectivity index (χ1v) is 6.71. The third kappa shape index (κ3) is 4.43. The molecule has 2 rings (SSSR count). The monoisotopic (exact) mass is 308 g/mol. The van der Waals surface area contributed by atoms with Gasteiger partial charge in [0.15, 0.2) is 6.61 Å². The van der Waals surface area contributed by atoms with Gasteiger partial charge in [-0.05, 0) is 36.8 Å². The summed E-state index contributed by atoms with van der Waals surface area (Å²) in [6, 6.07) is 7.43. The third-order valence-electron chi connectivity index (χ3n) is 2.84. The summed E-state index contributed by atoms with van der Waals surface area (Å²) < 4.78 is 18.3. The largest absolute Gasteiger partial charge is 0.484 e. The van der Waals surface area contributed by atoms with Crippen molar-refractivity contribution in [3.05, 3.63) is 59.1 Å². The Balaban J connectivity index is 1.86. The van der Waals surface area contributed by atoms with E-state index >= 15 is 0 Å². The van der Waals surface area contributed by atoms with E-state index in [1.54, 1.807) is 12.4 Å². The number of hydrogen-bond acceptors (Lipinski definition) is 3. The number of ether oxygens (including phenoxy) is 1. The maximum Gasteiger partial charge on any atom is 0.258 e. The Kier molecular flexibility index (Phi) is 5.11. The third-order valence-corrected chi connectivity index (χ3v) is 3.13. The molecule has 1 atom stereocenters. The minimum atomic E-state index is -0.528. The summed E-state index contributed by atoms with van der Waals surface area (Å²) in [6.07, 6.45) is 3.32. The Hall–Kier alpha value is -2.14. The summed E-state index contributed by atoms with van der Waals surface area (Å²) in [7, 11) is 0. The molecular weight excluding hydrogens is 295 g/mol. The molecule has 1 unspecified atom stereocenters. The summed E-state index contributed by atoms with van der Waals surface area (Å²) in [5, 5.41) is 2.75. The molecule has 0 saturated heterocycles. The van der Waals surface area contributed by atoms with Gasteiger partial charge in [0, 0.05) is 18.5 Å². The SMILES string of the molecule is CC(NC(=O)COc1ccc(F)c(Cl)c1)c1ccncc1. The summed E-state index contributed by atoms with van der Waals surface area (Å²) in [5.41, 5.74) is 0.947. The molecule has 1 aromatic carbocycles. The van der Waals surface area contributed by atoms with Crippen LogP contribution in [0.3, 0.4) is 0 Å². The van der Waals surface area contributed by atoms with Gasteiger partial charge < -0.3 is 10.1 Å². The molecule has 1 N–H and O–H groups in total. The van der Waals surface area contributed by atoms with E-state index in [4.69, 9.17) is 16.3 Å². The van der Waals surface area contributed by atoms with Gasteiger partial charge in [-0.3, -0.25) is 9.78 Å². The Bertz CT molecular complexity index is 622. The van der Waals surface area contributed by atoms with Crippen molar-refractivity contribution in [2.75, 3.05) is 6.61 Å². The van der Waals surface area contributed by atoms with Gasteiger partial charge in [0.25, 0.3) is 5.91 Å². The van der Waals surface area contributed by atoms with Gasteiger partial charge in [-0.25, -0.2) is 4.39 Å². The lowest BCUT2D eigenvalue weighted by atomic mass is 10.1. The second-order valence-corrected chi connectivity index (χ2v) is 4.84. The van der Waals surface area contributed by atoms with Crippen LogP contribution in [0.15, 0.2) is 42.7 Å². The fourth-order valence-electron chi connectivity index (χ4n) is 1.73. The van der Waals surface area contributed by atoms with Crippen molar-refractivity contribution in [3.8, 4) is 5.75 Å². The topological polar surface area (TPSA) is 51.2 Å². The van der Waals surface area contributed by atoms with Crippen LogP contribution in [0.25, 0.3) is 0 Å². The number of aromatic nitrogens is 1. The molecule has 21 heavy (non-hydrogen) atoms. The fourth-order valence-corrected chi connectivity index (χ4v) is 1.90. The van der Waals surface area contributed by atoms with Crippen molar-refractivity contribution < 1.29 is 13.9 Å². The van der Waals surface area contributed by atoms with Crippen molar-refractivity contribution in [1.82, 2.24) is 10.3 Å². The van der Waals surface area contributed by atoms with Crippen molar-refractivity contribution >= 4 is 17.5 Å². The Morgan fingerprint density at radius 1 is 1.38 bits per heavy atom. The molecule has 0 saturated carbocycles. The van der Waals surface area contributed by atoms with Crippen molar-refractivity contribution in [2.24, 2.45) is 0 Å². The number of benzene rings is 1. The molecule has 0 spiro atoms. The Morgan fingerprint density at radius 2 is 2.10 bits per heavy atom. The molecule has 6 heteroatoms. The number of pyridine rings is 1. The average Bonchev–Trinajstić information content (AvgIpc) is 2.49. The lowest BCUT2D eigenvalue weighted by molar-refractivity contribution is -0.123. The lowest BCUT2D eigenvalue weighted by Crippen LogP contribution is -2.31. The first-order valence-electron chi connectivity index (χ1n) is 6.33. The molecule has 2 aromatic rings. The maximum absolute atomic E-state index is 13.0. The van der Waals surface area contributed by atoms with E-state index in [0.717, 1.165) is 5.56 Å². The molecule has 0 radical (unpaired) electrons. The molecule has 0 fully saturated rings. The first-order chi connectivity index (χ1) is 10.1. The highest BCUT2D eigenvalue weighted by Crippen LogP contribution is 2.21. The Labute approximate surface area is 126 Å². The van der Waals surface area contributed by atoms with E-state index in [1.807, 2.05) is 19.1 Å². The predicted octanol–water partition coefficient (Wildman–Crippen LogP) is 3.13. The van der Waals surface area contributed by atoms with Gasteiger partial charge in [-0.1, -0.05) is 11.6 Å².